The van der Waals surface area contributed by atoms with Crippen molar-refractivity contribution in [2.24, 2.45) is 0 Å². The Morgan fingerprint density at radius 1 is 1.38 bits per heavy atom. The lowest BCUT2D eigenvalue weighted by Gasteiger charge is -2.25. The Kier molecular flexibility index (Phi) is 3.69. The minimum Gasteiger partial charge on any atom is -0.480 e. The summed E-state index contributed by atoms with van der Waals surface area (Å²) in [6, 6.07) is 0. The molecule has 3 N–H and O–H groups in total. The van der Waals surface area contributed by atoms with E-state index in [1.165, 1.54) is 0 Å². The van der Waals surface area contributed by atoms with Gasteiger partial charge in [0.2, 0.25) is 0 Å². The number of hydrogen-bond donors (Lipinski definition) is 3. The molecule has 0 aromatic heterocycles. The Morgan fingerprint density at radius 3 is 2.46 bits per heavy atom. The molecule has 4 nitrogen and oxygen atoms in total. The largest absolute Gasteiger partial charge is 0.480 e. The van der Waals surface area contributed by atoms with Crippen LogP contribution in [0.2, 0.25) is 0 Å². The molecule has 0 aromatic carbocycles. The monoisotopic (exact) mass is 187 g/mol. The zero-order valence-corrected chi connectivity index (χ0v) is 7.75. The molecule has 0 radical (unpaired) electrons. The number of aliphatic hydroxyl groups excluding tert-OH is 1. The third-order valence-electron chi connectivity index (χ3n) is 2.66. The second kappa shape index (κ2) is 4.58. The molecule has 0 amide bonds. The maximum Gasteiger partial charge on any atom is 0.323 e. The molecule has 0 spiro atoms. The molecule has 0 saturated heterocycles. The molecule has 1 rings (SSSR count). The minimum atomic E-state index is -0.747. The molecule has 0 aromatic rings. The standard InChI is InChI=1S/C9H17NO3/c11-7-3-6-10-9(8(12)13)4-1-2-5-9/h10-11H,1-7H2,(H,12,13). The molecule has 4 heteroatoms. The highest BCUT2D eigenvalue weighted by molar-refractivity contribution is 5.79. The summed E-state index contributed by atoms with van der Waals surface area (Å²) >= 11 is 0. The predicted octanol–water partition coefficient (Wildman–Crippen LogP) is 0.356. The highest BCUT2D eigenvalue weighted by Gasteiger charge is 2.40. The van der Waals surface area contributed by atoms with Crippen LogP contribution in [0.25, 0.3) is 0 Å². The summed E-state index contributed by atoms with van der Waals surface area (Å²) in [6.07, 6.45) is 4.02. The molecule has 1 fully saturated rings. The van der Waals surface area contributed by atoms with E-state index in [2.05, 4.69) is 5.32 Å². The predicted molar refractivity (Wildman–Crippen MR) is 48.5 cm³/mol. The molecule has 13 heavy (non-hydrogen) atoms. The highest BCUT2D eigenvalue weighted by atomic mass is 16.4. The summed E-state index contributed by atoms with van der Waals surface area (Å²) in [5.41, 5.74) is -0.699. The van der Waals surface area contributed by atoms with Gasteiger partial charge in [0.15, 0.2) is 0 Å². The van der Waals surface area contributed by atoms with E-state index in [0.29, 0.717) is 25.8 Å². The van der Waals surface area contributed by atoms with Crippen LogP contribution in [0.3, 0.4) is 0 Å². The van der Waals surface area contributed by atoms with Crippen molar-refractivity contribution in [1.82, 2.24) is 5.32 Å². The van der Waals surface area contributed by atoms with Crippen molar-refractivity contribution in [3.8, 4) is 0 Å². The van der Waals surface area contributed by atoms with Crippen molar-refractivity contribution >= 4 is 5.97 Å². The van der Waals surface area contributed by atoms with Crippen LogP contribution in [0.15, 0.2) is 0 Å². The maximum absolute atomic E-state index is 11.0. The van der Waals surface area contributed by atoms with Gasteiger partial charge in [-0.2, -0.15) is 0 Å². The zero-order valence-electron chi connectivity index (χ0n) is 7.75. The molecule has 0 atom stereocenters. The van der Waals surface area contributed by atoms with Gasteiger partial charge in [0, 0.05) is 6.61 Å². The Morgan fingerprint density at radius 2 is 2.00 bits per heavy atom. The summed E-state index contributed by atoms with van der Waals surface area (Å²) in [4.78, 5) is 11.0. The SMILES string of the molecule is O=C(O)C1(NCCCO)CCCC1. The van der Waals surface area contributed by atoms with Crippen molar-refractivity contribution in [3.05, 3.63) is 0 Å². The first kappa shape index (κ1) is 10.5. The fourth-order valence-corrected chi connectivity index (χ4v) is 1.85. The maximum atomic E-state index is 11.0. The second-order valence-corrected chi connectivity index (χ2v) is 3.60. The summed E-state index contributed by atoms with van der Waals surface area (Å²) in [6.45, 7) is 0.700. The Balaban J connectivity index is 2.43. The van der Waals surface area contributed by atoms with Crippen LogP contribution in [0.1, 0.15) is 32.1 Å². The molecule has 76 valence electrons. The van der Waals surface area contributed by atoms with Crippen molar-refractivity contribution in [2.45, 2.75) is 37.6 Å². The van der Waals surface area contributed by atoms with E-state index in [4.69, 9.17) is 10.2 Å². The van der Waals surface area contributed by atoms with Gasteiger partial charge in [-0.25, -0.2) is 0 Å². The van der Waals surface area contributed by atoms with Crippen LogP contribution in [0, 0.1) is 0 Å². The molecule has 1 saturated carbocycles. The van der Waals surface area contributed by atoms with Gasteiger partial charge < -0.3 is 15.5 Å². The lowest BCUT2D eigenvalue weighted by Crippen LogP contribution is -2.50. The summed E-state index contributed by atoms with van der Waals surface area (Å²) in [7, 11) is 0. The van der Waals surface area contributed by atoms with Crippen LogP contribution in [0.4, 0.5) is 0 Å². The smallest absolute Gasteiger partial charge is 0.323 e. The summed E-state index contributed by atoms with van der Waals surface area (Å²) in [5.74, 6) is -0.747. The Bertz CT molecular complexity index is 176. The summed E-state index contributed by atoms with van der Waals surface area (Å²) < 4.78 is 0. The quantitative estimate of drug-likeness (QED) is 0.543. The number of hydrogen-bond acceptors (Lipinski definition) is 3. The van der Waals surface area contributed by atoms with Crippen molar-refractivity contribution in [2.75, 3.05) is 13.2 Å². The van der Waals surface area contributed by atoms with E-state index in [0.717, 1.165) is 12.8 Å². The number of nitrogens with one attached hydrogen (secondary N) is 1. The molecule has 0 heterocycles. The highest BCUT2D eigenvalue weighted by Crippen LogP contribution is 2.29. The van der Waals surface area contributed by atoms with Gasteiger partial charge in [-0.05, 0) is 25.8 Å². The first-order valence-electron chi connectivity index (χ1n) is 4.80. The van der Waals surface area contributed by atoms with E-state index in [1.54, 1.807) is 0 Å². The first-order chi connectivity index (χ1) is 6.21. The number of aliphatic carboxylic acids is 1. The minimum absolute atomic E-state index is 0.114. The van der Waals surface area contributed by atoms with E-state index in [9.17, 15) is 4.79 Å². The number of carbonyl (C=O) groups is 1. The molecule has 1 aliphatic carbocycles. The van der Waals surface area contributed by atoms with Gasteiger partial charge in [-0.3, -0.25) is 4.79 Å². The van der Waals surface area contributed by atoms with E-state index < -0.39 is 11.5 Å². The van der Waals surface area contributed by atoms with E-state index in [-0.39, 0.29) is 6.61 Å². The third-order valence-corrected chi connectivity index (χ3v) is 2.66. The molecular weight excluding hydrogens is 170 g/mol. The average Bonchev–Trinajstić information content (AvgIpc) is 2.55. The van der Waals surface area contributed by atoms with Crippen molar-refractivity contribution in [1.29, 1.82) is 0 Å². The lowest BCUT2D eigenvalue weighted by atomic mass is 9.98. The van der Waals surface area contributed by atoms with E-state index in [1.807, 2.05) is 0 Å². The average molecular weight is 187 g/mol. The number of rotatable bonds is 5. The number of aliphatic hydroxyl groups is 1. The third kappa shape index (κ3) is 2.42. The van der Waals surface area contributed by atoms with Crippen LogP contribution < -0.4 is 5.32 Å². The van der Waals surface area contributed by atoms with Gasteiger partial charge in [0.1, 0.15) is 5.54 Å². The molecular formula is C9H17NO3. The fourth-order valence-electron chi connectivity index (χ4n) is 1.85. The van der Waals surface area contributed by atoms with Gasteiger partial charge in [-0.15, -0.1) is 0 Å². The van der Waals surface area contributed by atoms with Crippen LogP contribution in [-0.2, 0) is 4.79 Å². The van der Waals surface area contributed by atoms with Crippen LogP contribution >= 0.6 is 0 Å². The molecule has 0 unspecified atom stereocenters. The second-order valence-electron chi connectivity index (χ2n) is 3.60. The first-order valence-corrected chi connectivity index (χ1v) is 4.80. The number of carboxylic acid groups (broad SMARTS) is 1. The topological polar surface area (TPSA) is 69.6 Å². The molecule has 0 bridgehead atoms. The Labute approximate surface area is 78.0 Å². The van der Waals surface area contributed by atoms with Crippen LogP contribution in [-0.4, -0.2) is 34.9 Å². The molecule has 1 aliphatic rings. The van der Waals surface area contributed by atoms with Gasteiger partial charge in [0.05, 0.1) is 0 Å². The zero-order chi connectivity index (χ0) is 9.73. The lowest BCUT2D eigenvalue weighted by molar-refractivity contribution is -0.144. The molecule has 0 aliphatic heterocycles. The fraction of sp³-hybridized carbons (Fsp3) is 0.889. The van der Waals surface area contributed by atoms with Crippen molar-refractivity contribution < 1.29 is 15.0 Å². The van der Waals surface area contributed by atoms with Gasteiger partial charge in [-0.1, -0.05) is 12.8 Å². The Hall–Kier alpha value is -0.610. The number of carboxylic acids is 1. The summed E-state index contributed by atoms with van der Waals surface area (Å²) in [5, 5.41) is 20.6. The van der Waals surface area contributed by atoms with Crippen molar-refractivity contribution in [3.63, 3.8) is 0 Å². The normalized spacial score (nSPS) is 20.4. The van der Waals surface area contributed by atoms with Gasteiger partial charge in [0.25, 0.3) is 0 Å². The van der Waals surface area contributed by atoms with E-state index >= 15 is 0 Å². The van der Waals surface area contributed by atoms with Crippen LogP contribution in [0.5, 0.6) is 0 Å². The van der Waals surface area contributed by atoms with Gasteiger partial charge >= 0.3 is 5.97 Å².